The first kappa shape index (κ1) is 37.1. The standard InChI is InChI=1S/C40H47FN8O4/c1-28(50)47-15-17-48(18-16-47)33-13-14-35(36(22-33)53-2)45-40-44-25-34(41)39(46-40)49-26-31(20-37(51)42-23-29-9-5-3-6-10-29)19-32(27-49)21-38(52)43-24-30-11-7-4-8-12-30/h3-14,22,25,31-32H,15-21,23-24,26-27H2,1-2H3,(H,42,51)(H,43,52)(H,44,45,46)/t31-,32+. The average Bonchev–Trinajstić information content (AvgIpc) is 3.18. The highest BCUT2D eigenvalue weighted by molar-refractivity contribution is 5.77. The molecule has 2 fully saturated rings. The second kappa shape index (κ2) is 17.7. The van der Waals surface area contributed by atoms with Crippen molar-refractivity contribution in [3.05, 3.63) is 102 Å². The van der Waals surface area contributed by atoms with Crippen LogP contribution in [0.25, 0.3) is 0 Å². The number of benzene rings is 3. The van der Waals surface area contributed by atoms with Gasteiger partial charge in [0.05, 0.1) is 19.0 Å². The Balaban J connectivity index is 1.15. The van der Waals surface area contributed by atoms with Crippen LogP contribution in [-0.4, -0.2) is 79.0 Å². The lowest BCUT2D eigenvalue weighted by molar-refractivity contribution is -0.129. The van der Waals surface area contributed by atoms with Crippen LogP contribution in [0.1, 0.15) is 37.3 Å². The molecule has 0 saturated carbocycles. The summed E-state index contributed by atoms with van der Waals surface area (Å²) < 4.78 is 21.3. The van der Waals surface area contributed by atoms with Gasteiger partial charge in [0.1, 0.15) is 5.75 Å². The van der Waals surface area contributed by atoms with Crippen molar-refractivity contribution in [2.24, 2.45) is 11.8 Å². The molecule has 0 spiro atoms. The highest BCUT2D eigenvalue weighted by atomic mass is 19.1. The van der Waals surface area contributed by atoms with Crippen molar-refractivity contribution in [2.45, 2.75) is 39.3 Å². The second-order valence-corrected chi connectivity index (χ2v) is 13.7. The van der Waals surface area contributed by atoms with Gasteiger partial charge in [0, 0.05) is 83.9 Å². The van der Waals surface area contributed by atoms with Crippen LogP contribution in [0.3, 0.4) is 0 Å². The van der Waals surface area contributed by atoms with Crippen molar-refractivity contribution in [1.29, 1.82) is 0 Å². The van der Waals surface area contributed by atoms with Crippen LogP contribution in [0, 0.1) is 17.7 Å². The number of piperazine rings is 1. The number of piperidine rings is 1. The number of halogens is 1. The molecule has 0 aliphatic carbocycles. The zero-order chi connectivity index (χ0) is 37.2. The lowest BCUT2D eigenvalue weighted by Crippen LogP contribution is -2.48. The minimum absolute atomic E-state index is 0.0738. The first-order chi connectivity index (χ1) is 25.7. The number of anilines is 4. The van der Waals surface area contributed by atoms with Gasteiger partial charge in [-0.05, 0) is 41.5 Å². The molecule has 53 heavy (non-hydrogen) atoms. The number of aromatic nitrogens is 2. The Morgan fingerprint density at radius 1 is 0.811 bits per heavy atom. The number of ether oxygens (including phenoxy) is 1. The summed E-state index contributed by atoms with van der Waals surface area (Å²) in [6.07, 6.45) is 2.24. The van der Waals surface area contributed by atoms with E-state index in [0.717, 1.165) is 23.0 Å². The van der Waals surface area contributed by atoms with Gasteiger partial charge >= 0.3 is 0 Å². The minimum atomic E-state index is -0.593. The van der Waals surface area contributed by atoms with Crippen molar-refractivity contribution >= 4 is 40.9 Å². The van der Waals surface area contributed by atoms with E-state index in [2.05, 4.69) is 30.8 Å². The maximum absolute atomic E-state index is 15.6. The first-order valence-corrected chi connectivity index (χ1v) is 18.1. The molecule has 4 aromatic rings. The maximum atomic E-state index is 15.6. The molecule has 278 valence electrons. The molecule has 6 rings (SSSR count). The molecule has 0 bridgehead atoms. The van der Waals surface area contributed by atoms with Crippen molar-refractivity contribution in [1.82, 2.24) is 25.5 Å². The van der Waals surface area contributed by atoms with E-state index in [-0.39, 0.29) is 54.2 Å². The molecule has 2 aliphatic heterocycles. The lowest BCUT2D eigenvalue weighted by atomic mass is 9.84. The summed E-state index contributed by atoms with van der Waals surface area (Å²) in [5.41, 5.74) is 3.57. The number of nitrogens with one attached hydrogen (secondary N) is 3. The van der Waals surface area contributed by atoms with Crippen LogP contribution in [0.4, 0.5) is 27.5 Å². The van der Waals surface area contributed by atoms with Crippen LogP contribution < -0.4 is 30.5 Å². The van der Waals surface area contributed by atoms with E-state index in [4.69, 9.17) is 4.74 Å². The number of methoxy groups -OCH3 is 1. The Hall–Kier alpha value is -5.72. The Kier molecular flexibility index (Phi) is 12.4. The van der Waals surface area contributed by atoms with E-state index in [1.54, 1.807) is 14.0 Å². The molecule has 13 heteroatoms. The Morgan fingerprint density at radius 2 is 1.40 bits per heavy atom. The molecular formula is C40H47FN8O4. The minimum Gasteiger partial charge on any atom is -0.494 e. The number of hydrogen-bond acceptors (Lipinski definition) is 9. The van der Waals surface area contributed by atoms with E-state index in [0.29, 0.717) is 70.2 Å². The van der Waals surface area contributed by atoms with Gasteiger partial charge in [0.25, 0.3) is 0 Å². The average molecular weight is 723 g/mol. The first-order valence-electron chi connectivity index (χ1n) is 18.1. The third kappa shape index (κ3) is 10.2. The van der Waals surface area contributed by atoms with Gasteiger partial charge in [0.2, 0.25) is 23.7 Å². The number of nitrogens with zero attached hydrogens (tertiary/aromatic N) is 5. The summed E-state index contributed by atoms with van der Waals surface area (Å²) in [4.78, 5) is 52.7. The molecule has 3 N–H and O–H groups in total. The normalized spacial score (nSPS) is 17.2. The number of carbonyl (C=O) groups is 3. The molecule has 3 aromatic carbocycles. The molecule has 1 aromatic heterocycles. The van der Waals surface area contributed by atoms with Gasteiger partial charge in [-0.25, -0.2) is 9.37 Å². The SMILES string of the molecule is COc1cc(N2CCN(C(C)=O)CC2)ccc1Nc1ncc(F)c(N2C[C@H](CC(=O)NCc3ccccc3)C[C@H](CC(=O)NCc3ccccc3)C2)n1. The lowest BCUT2D eigenvalue weighted by Gasteiger charge is -2.38. The quantitative estimate of drug-likeness (QED) is 0.177. The molecule has 0 radical (unpaired) electrons. The van der Waals surface area contributed by atoms with E-state index in [1.807, 2.05) is 88.7 Å². The summed E-state index contributed by atoms with van der Waals surface area (Å²) in [6.45, 7) is 5.92. The Morgan fingerprint density at radius 3 is 1.94 bits per heavy atom. The highest BCUT2D eigenvalue weighted by Crippen LogP contribution is 2.34. The smallest absolute Gasteiger partial charge is 0.229 e. The largest absolute Gasteiger partial charge is 0.494 e. The van der Waals surface area contributed by atoms with Crippen molar-refractivity contribution in [3.63, 3.8) is 0 Å². The van der Waals surface area contributed by atoms with Crippen LogP contribution in [-0.2, 0) is 27.5 Å². The fourth-order valence-corrected chi connectivity index (χ4v) is 7.07. The summed E-state index contributed by atoms with van der Waals surface area (Å²) in [5.74, 6) is -0.150. The number of carbonyl (C=O) groups excluding carboxylic acids is 3. The molecule has 0 unspecified atom stereocenters. The summed E-state index contributed by atoms with van der Waals surface area (Å²) >= 11 is 0. The van der Waals surface area contributed by atoms with Gasteiger partial charge < -0.3 is 35.4 Å². The van der Waals surface area contributed by atoms with Gasteiger partial charge in [-0.2, -0.15) is 4.98 Å². The van der Waals surface area contributed by atoms with Crippen molar-refractivity contribution < 1.29 is 23.5 Å². The fourth-order valence-electron chi connectivity index (χ4n) is 7.07. The van der Waals surface area contributed by atoms with E-state index >= 15 is 4.39 Å². The maximum Gasteiger partial charge on any atom is 0.229 e. The second-order valence-electron chi connectivity index (χ2n) is 13.7. The predicted octanol–water partition coefficient (Wildman–Crippen LogP) is 4.89. The number of rotatable bonds is 13. The van der Waals surface area contributed by atoms with Gasteiger partial charge in [-0.15, -0.1) is 0 Å². The molecule has 2 atom stereocenters. The Bertz CT molecular complexity index is 1790. The topological polar surface area (TPSA) is 132 Å². The van der Waals surface area contributed by atoms with Crippen LogP contribution in [0.2, 0.25) is 0 Å². The van der Waals surface area contributed by atoms with Gasteiger partial charge in [-0.1, -0.05) is 60.7 Å². The number of amides is 3. The summed E-state index contributed by atoms with van der Waals surface area (Å²) in [5, 5.41) is 9.21. The van der Waals surface area contributed by atoms with Crippen LogP contribution >= 0.6 is 0 Å². The summed E-state index contributed by atoms with van der Waals surface area (Å²) in [6, 6.07) is 25.2. The molecule has 3 heterocycles. The molecule has 12 nitrogen and oxygen atoms in total. The van der Waals surface area contributed by atoms with Crippen molar-refractivity contribution in [2.75, 3.05) is 61.5 Å². The van der Waals surface area contributed by atoms with Gasteiger partial charge in [-0.3, -0.25) is 14.4 Å². The van der Waals surface area contributed by atoms with Crippen molar-refractivity contribution in [3.8, 4) is 5.75 Å². The van der Waals surface area contributed by atoms with E-state index in [9.17, 15) is 14.4 Å². The molecule has 2 aliphatic rings. The number of hydrogen-bond donors (Lipinski definition) is 3. The van der Waals surface area contributed by atoms with Crippen LogP contribution in [0.5, 0.6) is 5.75 Å². The third-order valence-electron chi connectivity index (χ3n) is 9.78. The third-order valence-corrected chi connectivity index (χ3v) is 9.78. The predicted molar refractivity (Wildman–Crippen MR) is 202 cm³/mol. The monoisotopic (exact) mass is 722 g/mol. The van der Waals surface area contributed by atoms with Gasteiger partial charge in [0.15, 0.2) is 11.6 Å². The molecule has 3 amide bonds. The zero-order valence-corrected chi connectivity index (χ0v) is 30.3. The molecule has 2 saturated heterocycles. The van der Waals surface area contributed by atoms with Crippen LogP contribution in [0.15, 0.2) is 85.1 Å². The summed E-state index contributed by atoms with van der Waals surface area (Å²) in [7, 11) is 1.58. The van der Waals surface area contributed by atoms with E-state index in [1.165, 1.54) is 0 Å². The van der Waals surface area contributed by atoms with E-state index < -0.39 is 5.82 Å². The fraction of sp³-hybridized carbons (Fsp3) is 0.375. The zero-order valence-electron chi connectivity index (χ0n) is 30.3. The Labute approximate surface area is 309 Å². The molecular weight excluding hydrogens is 675 g/mol. The highest BCUT2D eigenvalue weighted by Gasteiger charge is 2.32.